The number of anilines is 1. The number of carbonyl (C=O) groups excluding carboxylic acids is 1. The summed E-state index contributed by atoms with van der Waals surface area (Å²) >= 11 is 2.97. The van der Waals surface area contributed by atoms with Crippen LogP contribution in [0, 0.1) is 0 Å². The van der Waals surface area contributed by atoms with Crippen molar-refractivity contribution >= 4 is 54.2 Å². The summed E-state index contributed by atoms with van der Waals surface area (Å²) in [5, 5.41) is 0.576. The summed E-state index contributed by atoms with van der Waals surface area (Å²) < 4.78 is 24.6. The molecule has 0 aliphatic rings. The quantitative estimate of drug-likeness (QED) is 0.425. The van der Waals surface area contributed by atoms with Crippen LogP contribution >= 0.6 is 23.1 Å². The van der Waals surface area contributed by atoms with E-state index in [0.717, 1.165) is 29.2 Å². The standard InChI is InChI=1S/C22H27N3O3S3/c1-5-24(6-2)13-14-25(21(26)16-7-9-17(29-3)10-8-16)22-23-19-12-11-18(31(4,27)28)15-20(19)30-22/h7-12,15H,5-6,13-14H2,1-4H3. The highest BCUT2D eigenvalue weighted by molar-refractivity contribution is 7.98. The molecule has 31 heavy (non-hydrogen) atoms. The molecular formula is C22H27N3O3S3. The fraction of sp³-hybridized carbons (Fsp3) is 0.364. The molecule has 0 aliphatic carbocycles. The van der Waals surface area contributed by atoms with E-state index in [-0.39, 0.29) is 10.8 Å². The van der Waals surface area contributed by atoms with Gasteiger partial charge in [0, 0.05) is 29.8 Å². The van der Waals surface area contributed by atoms with Gasteiger partial charge in [0.05, 0.1) is 15.1 Å². The van der Waals surface area contributed by atoms with E-state index < -0.39 is 9.84 Å². The van der Waals surface area contributed by atoms with Gasteiger partial charge in [-0.2, -0.15) is 0 Å². The fourth-order valence-corrected chi connectivity index (χ4v) is 5.35. The summed E-state index contributed by atoms with van der Waals surface area (Å²) in [4.78, 5) is 23.4. The second-order valence-corrected chi connectivity index (χ2v) is 11.0. The van der Waals surface area contributed by atoms with Gasteiger partial charge in [0.2, 0.25) is 0 Å². The van der Waals surface area contributed by atoms with Crippen LogP contribution in [0.3, 0.4) is 0 Å². The third-order valence-corrected chi connectivity index (χ3v) is 8.02. The van der Waals surface area contributed by atoms with Gasteiger partial charge in [0.25, 0.3) is 5.91 Å². The molecule has 2 aromatic carbocycles. The van der Waals surface area contributed by atoms with Gasteiger partial charge in [-0.05, 0) is 61.8 Å². The number of carbonyl (C=O) groups is 1. The number of benzene rings is 2. The van der Waals surface area contributed by atoms with Crippen molar-refractivity contribution in [3.8, 4) is 0 Å². The first kappa shape index (κ1) is 23.7. The highest BCUT2D eigenvalue weighted by Gasteiger charge is 2.22. The van der Waals surface area contributed by atoms with E-state index in [1.165, 1.54) is 17.6 Å². The van der Waals surface area contributed by atoms with Crippen LogP contribution < -0.4 is 4.90 Å². The zero-order valence-corrected chi connectivity index (χ0v) is 20.6. The molecule has 0 atom stereocenters. The topological polar surface area (TPSA) is 70.6 Å². The number of thioether (sulfide) groups is 1. The minimum absolute atomic E-state index is 0.109. The summed E-state index contributed by atoms with van der Waals surface area (Å²) in [6.45, 7) is 7.23. The molecule has 0 saturated heterocycles. The van der Waals surface area contributed by atoms with Crippen LogP contribution in [0.25, 0.3) is 10.2 Å². The molecule has 0 radical (unpaired) electrons. The number of rotatable bonds is 9. The Labute approximate surface area is 192 Å². The van der Waals surface area contributed by atoms with Gasteiger partial charge in [-0.1, -0.05) is 25.2 Å². The van der Waals surface area contributed by atoms with E-state index in [1.807, 2.05) is 30.5 Å². The Morgan fingerprint density at radius 2 is 1.74 bits per heavy atom. The molecule has 0 bridgehead atoms. The second kappa shape index (κ2) is 10.1. The van der Waals surface area contributed by atoms with Crippen molar-refractivity contribution < 1.29 is 13.2 Å². The molecule has 0 unspecified atom stereocenters. The maximum atomic E-state index is 13.4. The smallest absolute Gasteiger partial charge is 0.260 e. The van der Waals surface area contributed by atoms with Crippen LogP contribution in [0.4, 0.5) is 5.13 Å². The third kappa shape index (κ3) is 5.65. The van der Waals surface area contributed by atoms with Gasteiger partial charge in [0.15, 0.2) is 15.0 Å². The van der Waals surface area contributed by atoms with Crippen LogP contribution in [0.2, 0.25) is 0 Å². The zero-order valence-electron chi connectivity index (χ0n) is 18.2. The maximum absolute atomic E-state index is 13.4. The molecular weight excluding hydrogens is 450 g/mol. The third-order valence-electron chi connectivity index (χ3n) is 5.12. The molecule has 1 heterocycles. The SMILES string of the molecule is CCN(CC)CCN(C(=O)c1ccc(SC)cc1)c1nc2ccc(S(C)(=O)=O)cc2s1. The van der Waals surface area contributed by atoms with Crippen molar-refractivity contribution in [3.63, 3.8) is 0 Å². The molecule has 1 amide bonds. The summed E-state index contributed by atoms with van der Waals surface area (Å²) in [7, 11) is -3.31. The minimum atomic E-state index is -3.31. The summed E-state index contributed by atoms with van der Waals surface area (Å²) in [5.74, 6) is -0.109. The Kier molecular flexibility index (Phi) is 7.74. The lowest BCUT2D eigenvalue weighted by Crippen LogP contribution is -2.38. The number of thiazole rings is 1. The zero-order chi connectivity index (χ0) is 22.6. The van der Waals surface area contributed by atoms with E-state index in [4.69, 9.17) is 0 Å². The molecule has 3 rings (SSSR count). The van der Waals surface area contributed by atoms with Gasteiger partial charge >= 0.3 is 0 Å². The molecule has 0 fully saturated rings. The van der Waals surface area contributed by atoms with Crippen LogP contribution in [0.15, 0.2) is 52.3 Å². The van der Waals surface area contributed by atoms with Crippen molar-refractivity contribution in [3.05, 3.63) is 48.0 Å². The van der Waals surface area contributed by atoms with Crippen molar-refractivity contribution in [1.82, 2.24) is 9.88 Å². The van der Waals surface area contributed by atoms with E-state index in [9.17, 15) is 13.2 Å². The van der Waals surface area contributed by atoms with Gasteiger partial charge in [0.1, 0.15) is 0 Å². The first-order valence-electron chi connectivity index (χ1n) is 10.1. The Balaban J connectivity index is 1.99. The van der Waals surface area contributed by atoms with E-state index in [0.29, 0.717) is 22.8 Å². The first-order chi connectivity index (χ1) is 14.8. The monoisotopic (exact) mass is 477 g/mol. The van der Waals surface area contributed by atoms with Gasteiger partial charge in [-0.3, -0.25) is 9.69 Å². The largest absolute Gasteiger partial charge is 0.302 e. The summed E-state index contributed by atoms with van der Waals surface area (Å²) in [6.07, 6.45) is 3.19. The number of sulfone groups is 1. The molecule has 3 aromatic rings. The lowest BCUT2D eigenvalue weighted by Gasteiger charge is -2.24. The number of nitrogens with zero attached hydrogens (tertiary/aromatic N) is 3. The number of fused-ring (bicyclic) bond motifs is 1. The summed E-state index contributed by atoms with van der Waals surface area (Å²) in [5.41, 5.74) is 1.29. The van der Waals surface area contributed by atoms with E-state index >= 15 is 0 Å². The Bertz CT molecular complexity index is 1150. The predicted octanol–water partition coefficient (Wildman–Crippen LogP) is 4.41. The average Bonchev–Trinajstić information content (AvgIpc) is 3.19. The molecule has 6 nitrogen and oxygen atoms in total. The number of likely N-dealkylation sites (N-methyl/N-ethyl adjacent to an activating group) is 1. The van der Waals surface area contributed by atoms with Crippen molar-refractivity contribution in [1.29, 1.82) is 0 Å². The Hall–Kier alpha value is -1.94. The molecule has 0 N–H and O–H groups in total. The summed E-state index contributed by atoms with van der Waals surface area (Å²) in [6, 6.07) is 12.5. The molecule has 0 spiro atoms. The average molecular weight is 478 g/mol. The molecule has 9 heteroatoms. The maximum Gasteiger partial charge on any atom is 0.260 e. The lowest BCUT2D eigenvalue weighted by atomic mass is 10.2. The second-order valence-electron chi connectivity index (χ2n) is 7.11. The van der Waals surface area contributed by atoms with Crippen LogP contribution in [-0.4, -0.2) is 62.9 Å². The predicted molar refractivity (Wildman–Crippen MR) is 130 cm³/mol. The minimum Gasteiger partial charge on any atom is -0.302 e. The van der Waals surface area contributed by atoms with E-state index in [2.05, 4.69) is 23.7 Å². The molecule has 0 saturated carbocycles. The van der Waals surface area contributed by atoms with Gasteiger partial charge < -0.3 is 4.90 Å². The van der Waals surface area contributed by atoms with Crippen molar-refractivity contribution in [2.24, 2.45) is 0 Å². The number of hydrogen-bond donors (Lipinski definition) is 0. The van der Waals surface area contributed by atoms with Crippen molar-refractivity contribution in [2.45, 2.75) is 23.6 Å². The fourth-order valence-electron chi connectivity index (χ4n) is 3.19. The first-order valence-corrected chi connectivity index (χ1v) is 14.0. The highest BCUT2D eigenvalue weighted by Crippen LogP contribution is 2.31. The van der Waals surface area contributed by atoms with Gasteiger partial charge in [-0.25, -0.2) is 13.4 Å². The van der Waals surface area contributed by atoms with Crippen LogP contribution in [0.5, 0.6) is 0 Å². The lowest BCUT2D eigenvalue weighted by molar-refractivity contribution is 0.0983. The number of aromatic nitrogens is 1. The highest BCUT2D eigenvalue weighted by atomic mass is 32.2. The number of hydrogen-bond acceptors (Lipinski definition) is 7. The Morgan fingerprint density at radius 1 is 1.06 bits per heavy atom. The molecule has 0 aliphatic heterocycles. The normalized spacial score (nSPS) is 11.9. The van der Waals surface area contributed by atoms with Gasteiger partial charge in [-0.15, -0.1) is 11.8 Å². The van der Waals surface area contributed by atoms with Crippen molar-refractivity contribution in [2.75, 3.05) is 43.6 Å². The van der Waals surface area contributed by atoms with E-state index in [1.54, 1.807) is 34.9 Å². The molecule has 166 valence electrons. The molecule has 1 aromatic heterocycles. The Morgan fingerprint density at radius 3 is 2.32 bits per heavy atom. The van der Waals surface area contributed by atoms with Crippen LogP contribution in [0.1, 0.15) is 24.2 Å². The van der Waals surface area contributed by atoms with Crippen LogP contribution in [-0.2, 0) is 9.84 Å². The number of amides is 1.